The molecule has 0 radical (unpaired) electrons. The molecule has 1 saturated heterocycles. The minimum atomic E-state index is -3.73. The molecular weight excluding hydrogens is 240 g/mol. The van der Waals surface area contributed by atoms with Crippen molar-refractivity contribution in [2.24, 2.45) is 0 Å². The zero-order chi connectivity index (χ0) is 12.5. The van der Waals surface area contributed by atoms with Crippen molar-refractivity contribution < 1.29 is 32.3 Å². The third-order valence-electron chi connectivity index (χ3n) is 2.30. The largest absolute Gasteiger partial charge is 0.387 e. The Hall–Kier alpha value is -0.250. The fourth-order valence-electron chi connectivity index (χ4n) is 1.53. The molecule has 16 heavy (non-hydrogen) atoms. The van der Waals surface area contributed by atoms with Gasteiger partial charge in [0.25, 0.3) is 10.1 Å². The molecule has 2 N–H and O–H groups in total. The Labute approximate surface area is 94.1 Å². The van der Waals surface area contributed by atoms with E-state index in [4.69, 9.17) is 9.47 Å². The standard InChI is InChI=1S/C8H16O7S/c1-4-7(15-16(3,11)12)5(9)6(10)8(13-2)14-4/h4-10H,1-3H3. The van der Waals surface area contributed by atoms with E-state index in [1.54, 1.807) is 0 Å². The monoisotopic (exact) mass is 256 g/mol. The minimum Gasteiger partial charge on any atom is -0.387 e. The summed E-state index contributed by atoms with van der Waals surface area (Å²) in [6.07, 6.45) is -4.73. The van der Waals surface area contributed by atoms with Crippen LogP contribution in [0.2, 0.25) is 0 Å². The Bertz CT molecular complexity index is 327. The van der Waals surface area contributed by atoms with Gasteiger partial charge in [0.2, 0.25) is 0 Å². The lowest BCUT2D eigenvalue weighted by Crippen LogP contribution is -2.58. The van der Waals surface area contributed by atoms with Gasteiger partial charge in [0.1, 0.15) is 18.3 Å². The summed E-state index contributed by atoms with van der Waals surface area (Å²) >= 11 is 0. The van der Waals surface area contributed by atoms with Gasteiger partial charge in [0.05, 0.1) is 12.4 Å². The Balaban J connectivity index is 2.80. The first-order chi connectivity index (χ1) is 7.26. The van der Waals surface area contributed by atoms with Crippen molar-refractivity contribution in [1.29, 1.82) is 0 Å². The van der Waals surface area contributed by atoms with Crippen molar-refractivity contribution in [2.75, 3.05) is 13.4 Å². The highest BCUT2D eigenvalue weighted by atomic mass is 32.2. The molecule has 0 aromatic heterocycles. The van der Waals surface area contributed by atoms with E-state index in [2.05, 4.69) is 4.18 Å². The second kappa shape index (κ2) is 4.94. The number of ether oxygens (including phenoxy) is 2. The average Bonchev–Trinajstić information content (AvgIpc) is 2.17. The van der Waals surface area contributed by atoms with Gasteiger partial charge in [-0.2, -0.15) is 8.42 Å². The van der Waals surface area contributed by atoms with Crippen LogP contribution >= 0.6 is 0 Å². The minimum absolute atomic E-state index is 0.710. The van der Waals surface area contributed by atoms with Crippen LogP contribution in [0.4, 0.5) is 0 Å². The highest BCUT2D eigenvalue weighted by Crippen LogP contribution is 2.24. The van der Waals surface area contributed by atoms with Crippen LogP contribution in [0.3, 0.4) is 0 Å². The van der Waals surface area contributed by atoms with Crippen molar-refractivity contribution in [2.45, 2.75) is 37.6 Å². The Kier molecular flexibility index (Phi) is 4.27. The van der Waals surface area contributed by atoms with E-state index >= 15 is 0 Å². The molecule has 0 saturated carbocycles. The summed E-state index contributed by atoms with van der Waals surface area (Å²) < 4.78 is 36.5. The lowest BCUT2D eigenvalue weighted by molar-refractivity contribution is -0.281. The predicted molar refractivity (Wildman–Crippen MR) is 53.1 cm³/mol. The first-order valence-electron chi connectivity index (χ1n) is 4.69. The normalized spacial score (nSPS) is 40.9. The fraction of sp³-hybridized carbons (Fsp3) is 1.00. The van der Waals surface area contributed by atoms with Crippen molar-refractivity contribution in [3.8, 4) is 0 Å². The second-order valence-electron chi connectivity index (χ2n) is 3.69. The van der Waals surface area contributed by atoms with E-state index in [1.165, 1.54) is 14.0 Å². The summed E-state index contributed by atoms with van der Waals surface area (Å²) in [6.45, 7) is 1.52. The summed E-state index contributed by atoms with van der Waals surface area (Å²) in [5.74, 6) is 0. The maximum absolute atomic E-state index is 10.9. The maximum Gasteiger partial charge on any atom is 0.264 e. The third kappa shape index (κ3) is 3.12. The molecule has 0 bridgehead atoms. The van der Waals surface area contributed by atoms with Crippen LogP contribution in [0.25, 0.3) is 0 Å². The van der Waals surface area contributed by atoms with Crippen LogP contribution in [0, 0.1) is 0 Å². The number of aliphatic hydroxyl groups is 2. The molecule has 8 heteroatoms. The van der Waals surface area contributed by atoms with Gasteiger partial charge >= 0.3 is 0 Å². The average molecular weight is 256 g/mol. The van der Waals surface area contributed by atoms with E-state index < -0.39 is 40.8 Å². The van der Waals surface area contributed by atoms with Crippen LogP contribution < -0.4 is 0 Å². The SMILES string of the molecule is COC1OC(C)C(OS(C)(=O)=O)C(O)C1O. The maximum atomic E-state index is 10.9. The van der Waals surface area contributed by atoms with Crippen molar-refractivity contribution >= 4 is 10.1 Å². The molecule has 7 nitrogen and oxygen atoms in total. The first kappa shape index (κ1) is 13.8. The van der Waals surface area contributed by atoms with E-state index in [1.807, 2.05) is 0 Å². The Morgan fingerprint density at radius 3 is 2.25 bits per heavy atom. The van der Waals surface area contributed by atoms with Crippen molar-refractivity contribution in [3.63, 3.8) is 0 Å². The molecule has 0 aromatic carbocycles. The van der Waals surface area contributed by atoms with Crippen molar-refractivity contribution in [1.82, 2.24) is 0 Å². The molecule has 1 aliphatic rings. The molecule has 0 amide bonds. The molecule has 1 aliphatic heterocycles. The van der Waals surface area contributed by atoms with Gasteiger partial charge in [-0.25, -0.2) is 0 Å². The van der Waals surface area contributed by atoms with Crippen molar-refractivity contribution in [3.05, 3.63) is 0 Å². The molecule has 5 atom stereocenters. The van der Waals surface area contributed by atoms with E-state index in [-0.39, 0.29) is 0 Å². The van der Waals surface area contributed by atoms with Gasteiger partial charge < -0.3 is 19.7 Å². The number of rotatable bonds is 3. The molecular formula is C8H16O7S. The Morgan fingerprint density at radius 2 is 1.81 bits per heavy atom. The Morgan fingerprint density at radius 1 is 1.25 bits per heavy atom. The summed E-state index contributed by atoms with van der Waals surface area (Å²) in [4.78, 5) is 0. The second-order valence-corrected chi connectivity index (χ2v) is 5.29. The van der Waals surface area contributed by atoms with Crippen LogP contribution in [0.5, 0.6) is 0 Å². The third-order valence-corrected chi connectivity index (χ3v) is 2.87. The van der Waals surface area contributed by atoms with Crippen LogP contribution in [-0.4, -0.2) is 62.7 Å². The quantitative estimate of drug-likeness (QED) is 0.589. The van der Waals surface area contributed by atoms with Crippen LogP contribution in [0.15, 0.2) is 0 Å². The molecule has 0 spiro atoms. The lowest BCUT2D eigenvalue weighted by atomic mass is 10.0. The highest BCUT2D eigenvalue weighted by Gasteiger charge is 2.45. The van der Waals surface area contributed by atoms with Crippen LogP contribution in [-0.2, 0) is 23.8 Å². The molecule has 0 aromatic rings. The smallest absolute Gasteiger partial charge is 0.264 e. The summed E-state index contributed by atoms with van der Waals surface area (Å²) in [7, 11) is -2.42. The molecule has 1 rings (SSSR count). The number of hydrogen-bond donors (Lipinski definition) is 2. The summed E-state index contributed by atoms with van der Waals surface area (Å²) in [5, 5.41) is 19.2. The number of methoxy groups -OCH3 is 1. The van der Waals surface area contributed by atoms with Gasteiger partial charge in [0, 0.05) is 7.11 Å². The summed E-state index contributed by atoms with van der Waals surface area (Å²) in [6, 6.07) is 0. The highest BCUT2D eigenvalue weighted by molar-refractivity contribution is 7.86. The predicted octanol–water partition coefficient (Wildman–Crippen LogP) is -1.56. The van der Waals surface area contributed by atoms with E-state index in [0.717, 1.165) is 6.26 Å². The topological polar surface area (TPSA) is 102 Å². The molecule has 96 valence electrons. The van der Waals surface area contributed by atoms with Crippen LogP contribution in [0.1, 0.15) is 6.92 Å². The van der Waals surface area contributed by atoms with Gasteiger partial charge in [-0.3, -0.25) is 4.18 Å². The lowest BCUT2D eigenvalue weighted by Gasteiger charge is -2.39. The molecule has 1 heterocycles. The number of aliphatic hydroxyl groups excluding tert-OH is 2. The van der Waals surface area contributed by atoms with E-state index in [0.29, 0.717) is 0 Å². The summed E-state index contributed by atoms with van der Waals surface area (Å²) in [5.41, 5.74) is 0. The molecule has 1 fully saturated rings. The zero-order valence-electron chi connectivity index (χ0n) is 9.23. The molecule has 5 unspecified atom stereocenters. The van der Waals surface area contributed by atoms with Gasteiger partial charge in [0.15, 0.2) is 6.29 Å². The first-order valence-corrected chi connectivity index (χ1v) is 6.50. The molecule has 0 aliphatic carbocycles. The zero-order valence-corrected chi connectivity index (χ0v) is 10.0. The van der Waals surface area contributed by atoms with Gasteiger partial charge in [-0.1, -0.05) is 0 Å². The fourth-order valence-corrected chi connectivity index (χ4v) is 2.21. The van der Waals surface area contributed by atoms with Gasteiger partial charge in [-0.15, -0.1) is 0 Å². The van der Waals surface area contributed by atoms with Gasteiger partial charge in [-0.05, 0) is 6.92 Å². The number of hydrogen-bond acceptors (Lipinski definition) is 7. The van der Waals surface area contributed by atoms with E-state index in [9.17, 15) is 18.6 Å².